The summed E-state index contributed by atoms with van der Waals surface area (Å²) in [6.07, 6.45) is 0.359. The van der Waals surface area contributed by atoms with E-state index in [-0.39, 0.29) is 29.5 Å². The fourth-order valence-corrected chi connectivity index (χ4v) is 3.22. The van der Waals surface area contributed by atoms with E-state index < -0.39 is 18.3 Å². The summed E-state index contributed by atoms with van der Waals surface area (Å²) in [6.45, 7) is -1.01. The van der Waals surface area contributed by atoms with Crippen molar-refractivity contribution >= 4 is 17.5 Å². The van der Waals surface area contributed by atoms with Gasteiger partial charge >= 0.3 is 6.61 Å². The summed E-state index contributed by atoms with van der Waals surface area (Å²) in [6, 6.07) is 15.0. The number of halogens is 3. The first-order valence-corrected chi connectivity index (χ1v) is 10.3. The van der Waals surface area contributed by atoms with E-state index in [2.05, 4.69) is 15.4 Å². The van der Waals surface area contributed by atoms with E-state index in [1.54, 1.807) is 31.2 Å². The van der Waals surface area contributed by atoms with E-state index in [4.69, 9.17) is 4.74 Å². The van der Waals surface area contributed by atoms with Crippen LogP contribution in [0.1, 0.15) is 31.8 Å². The van der Waals surface area contributed by atoms with Crippen molar-refractivity contribution in [3.63, 3.8) is 0 Å². The Bertz CT molecular complexity index is 1180. The largest absolute Gasteiger partial charge is 0.493 e. The molecule has 34 heavy (non-hydrogen) atoms. The van der Waals surface area contributed by atoms with Gasteiger partial charge in [-0.2, -0.15) is 8.78 Å². The van der Waals surface area contributed by atoms with Crippen LogP contribution >= 0.6 is 0 Å². The number of amides is 2. The molecule has 0 radical (unpaired) electrons. The van der Waals surface area contributed by atoms with Crippen LogP contribution in [-0.4, -0.2) is 32.1 Å². The van der Waals surface area contributed by atoms with Crippen LogP contribution in [0.5, 0.6) is 11.5 Å². The third-order valence-corrected chi connectivity index (χ3v) is 5.01. The van der Waals surface area contributed by atoms with Crippen molar-refractivity contribution < 1.29 is 32.2 Å². The Morgan fingerprint density at radius 2 is 1.74 bits per heavy atom. The van der Waals surface area contributed by atoms with Gasteiger partial charge in [0.2, 0.25) is 0 Å². The average molecular weight is 472 g/mol. The number of hydrogen-bond donors (Lipinski definition) is 2. The second-order valence-electron chi connectivity index (χ2n) is 7.33. The number of benzene rings is 3. The second kappa shape index (κ2) is 11.2. The quantitative estimate of drug-likeness (QED) is 0.461. The molecule has 0 heterocycles. The molecule has 0 unspecified atom stereocenters. The predicted octanol–water partition coefficient (Wildman–Crippen LogP) is 4.97. The van der Waals surface area contributed by atoms with Crippen molar-refractivity contribution in [2.75, 3.05) is 19.0 Å². The molecule has 0 aliphatic rings. The van der Waals surface area contributed by atoms with Crippen LogP contribution in [0.3, 0.4) is 0 Å². The van der Waals surface area contributed by atoms with Crippen LogP contribution in [-0.2, 0) is 6.42 Å². The lowest BCUT2D eigenvalue weighted by Gasteiger charge is -2.13. The fourth-order valence-electron chi connectivity index (χ4n) is 3.22. The molecule has 2 N–H and O–H groups in total. The lowest BCUT2D eigenvalue weighted by atomic mass is 10.1. The maximum absolute atomic E-state index is 13.9. The molecule has 0 bridgehead atoms. The van der Waals surface area contributed by atoms with Crippen LogP contribution < -0.4 is 20.1 Å². The molecular formula is C25H23F3N2O4. The van der Waals surface area contributed by atoms with Crippen LogP contribution in [0.2, 0.25) is 0 Å². The number of alkyl halides is 2. The van der Waals surface area contributed by atoms with Crippen LogP contribution in [0, 0.1) is 12.7 Å². The number of anilines is 1. The molecule has 178 valence electrons. The molecule has 3 rings (SSSR count). The highest BCUT2D eigenvalue weighted by molar-refractivity contribution is 6.05. The smallest absolute Gasteiger partial charge is 0.387 e. The van der Waals surface area contributed by atoms with Gasteiger partial charge in [-0.1, -0.05) is 24.3 Å². The first-order chi connectivity index (χ1) is 16.3. The van der Waals surface area contributed by atoms with Gasteiger partial charge in [0, 0.05) is 17.8 Å². The Labute approximate surface area is 194 Å². The van der Waals surface area contributed by atoms with Crippen molar-refractivity contribution in [1.82, 2.24) is 5.32 Å². The summed E-state index contributed by atoms with van der Waals surface area (Å²) in [5.74, 6) is -1.57. The van der Waals surface area contributed by atoms with Gasteiger partial charge in [0.05, 0.1) is 12.7 Å². The van der Waals surface area contributed by atoms with E-state index in [1.807, 2.05) is 0 Å². The summed E-state index contributed by atoms with van der Waals surface area (Å²) in [7, 11) is 1.35. The predicted molar refractivity (Wildman–Crippen MR) is 121 cm³/mol. The van der Waals surface area contributed by atoms with Gasteiger partial charge in [0.15, 0.2) is 11.5 Å². The van der Waals surface area contributed by atoms with Gasteiger partial charge in [0.1, 0.15) is 5.82 Å². The topological polar surface area (TPSA) is 76.7 Å². The minimum atomic E-state index is -2.99. The maximum atomic E-state index is 13.9. The highest BCUT2D eigenvalue weighted by Gasteiger charge is 2.15. The minimum absolute atomic E-state index is 0.0879. The van der Waals surface area contributed by atoms with Crippen LogP contribution in [0.25, 0.3) is 0 Å². The number of carbonyl (C=O) groups is 2. The SMILES string of the molecule is COc1ccc(CCNC(=O)c2ccc(C)c(NC(=O)c3ccccc3F)c2)cc1OC(F)F. The molecule has 9 heteroatoms. The molecular weight excluding hydrogens is 449 g/mol. The van der Waals surface area contributed by atoms with Gasteiger partial charge < -0.3 is 20.1 Å². The Kier molecular flexibility index (Phi) is 8.13. The van der Waals surface area contributed by atoms with Gasteiger partial charge in [-0.3, -0.25) is 9.59 Å². The summed E-state index contributed by atoms with van der Waals surface area (Å²) < 4.78 is 48.5. The van der Waals surface area contributed by atoms with E-state index in [0.717, 1.165) is 0 Å². The molecule has 0 saturated carbocycles. The van der Waals surface area contributed by atoms with E-state index >= 15 is 0 Å². The Hall–Kier alpha value is -4.01. The summed E-state index contributed by atoms with van der Waals surface area (Å²) in [5.41, 5.74) is 1.94. The Balaban J connectivity index is 1.63. The zero-order chi connectivity index (χ0) is 24.7. The lowest BCUT2D eigenvalue weighted by molar-refractivity contribution is -0.0512. The number of rotatable bonds is 9. The van der Waals surface area contributed by atoms with Gasteiger partial charge in [-0.05, 0) is 60.9 Å². The Morgan fingerprint density at radius 1 is 0.971 bits per heavy atom. The normalized spacial score (nSPS) is 10.6. The standard InChI is InChI=1S/C25H23F3N2O4/c1-15-7-9-17(14-20(15)30-24(32)18-5-3-4-6-19(18)26)23(31)29-12-11-16-8-10-21(33-2)22(13-16)34-25(27)28/h3-10,13-14,25H,11-12H2,1-2H3,(H,29,31)(H,30,32). The number of methoxy groups -OCH3 is 1. The molecule has 3 aromatic rings. The maximum Gasteiger partial charge on any atom is 0.387 e. The Morgan fingerprint density at radius 3 is 2.44 bits per heavy atom. The number of aryl methyl sites for hydroxylation is 1. The van der Waals surface area contributed by atoms with Crippen molar-refractivity contribution in [2.24, 2.45) is 0 Å². The molecule has 0 fully saturated rings. The van der Waals surface area contributed by atoms with Crippen molar-refractivity contribution in [3.05, 3.63) is 88.7 Å². The molecule has 0 aliphatic carbocycles. The van der Waals surface area contributed by atoms with Crippen molar-refractivity contribution in [3.8, 4) is 11.5 Å². The second-order valence-corrected chi connectivity index (χ2v) is 7.33. The third kappa shape index (κ3) is 6.28. The average Bonchev–Trinajstić information content (AvgIpc) is 2.80. The van der Waals surface area contributed by atoms with Crippen LogP contribution in [0.4, 0.5) is 18.9 Å². The summed E-state index contributed by atoms with van der Waals surface area (Å²) in [4.78, 5) is 25.0. The highest BCUT2D eigenvalue weighted by atomic mass is 19.3. The molecule has 0 aromatic heterocycles. The van der Waals surface area contributed by atoms with E-state index in [9.17, 15) is 22.8 Å². The number of ether oxygens (including phenoxy) is 2. The van der Waals surface area contributed by atoms with Gasteiger partial charge in [0.25, 0.3) is 11.8 Å². The lowest BCUT2D eigenvalue weighted by Crippen LogP contribution is -2.26. The van der Waals surface area contributed by atoms with Gasteiger partial charge in [-0.15, -0.1) is 0 Å². The minimum Gasteiger partial charge on any atom is -0.493 e. The molecule has 0 saturated heterocycles. The van der Waals surface area contributed by atoms with Crippen LogP contribution in [0.15, 0.2) is 60.7 Å². The van der Waals surface area contributed by atoms with Crippen molar-refractivity contribution in [2.45, 2.75) is 20.0 Å². The summed E-state index contributed by atoms with van der Waals surface area (Å²) >= 11 is 0. The molecule has 0 aliphatic heterocycles. The summed E-state index contributed by atoms with van der Waals surface area (Å²) in [5, 5.41) is 5.38. The first kappa shape index (κ1) is 24.6. The number of nitrogens with one attached hydrogen (secondary N) is 2. The van der Waals surface area contributed by atoms with Gasteiger partial charge in [-0.25, -0.2) is 4.39 Å². The molecule has 6 nitrogen and oxygen atoms in total. The molecule has 2 amide bonds. The molecule has 0 atom stereocenters. The zero-order valence-corrected chi connectivity index (χ0v) is 18.5. The number of hydrogen-bond acceptors (Lipinski definition) is 4. The van der Waals surface area contributed by atoms with E-state index in [1.165, 1.54) is 43.5 Å². The first-order valence-electron chi connectivity index (χ1n) is 10.3. The molecule has 3 aromatic carbocycles. The van der Waals surface area contributed by atoms with E-state index in [0.29, 0.717) is 28.8 Å². The monoisotopic (exact) mass is 472 g/mol. The highest BCUT2D eigenvalue weighted by Crippen LogP contribution is 2.29. The van der Waals surface area contributed by atoms with Crippen molar-refractivity contribution in [1.29, 1.82) is 0 Å². The fraction of sp³-hybridized carbons (Fsp3) is 0.200. The third-order valence-electron chi connectivity index (χ3n) is 5.01. The molecule has 0 spiro atoms. The zero-order valence-electron chi connectivity index (χ0n) is 18.5. The number of carbonyl (C=O) groups excluding carboxylic acids is 2.